The van der Waals surface area contributed by atoms with Crippen molar-refractivity contribution in [2.45, 2.75) is 45.7 Å². The molecule has 0 fully saturated rings. The average molecular weight is 298 g/mol. The molecule has 118 valence electrons. The van der Waals surface area contributed by atoms with Crippen LogP contribution in [0.4, 0.5) is 5.95 Å². The summed E-state index contributed by atoms with van der Waals surface area (Å²) in [6.07, 6.45) is 7.14. The molecule has 4 heteroatoms. The van der Waals surface area contributed by atoms with Gasteiger partial charge in [-0.2, -0.15) is 0 Å². The van der Waals surface area contributed by atoms with Gasteiger partial charge >= 0.3 is 0 Å². The quantitative estimate of drug-likeness (QED) is 0.736. The Kier molecular flexibility index (Phi) is 6.84. The molecule has 0 amide bonds. The van der Waals surface area contributed by atoms with E-state index in [4.69, 9.17) is 0 Å². The molecular weight excluding hydrogens is 272 g/mol. The molecule has 2 rings (SSSR count). The highest BCUT2D eigenvalue weighted by Crippen LogP contribution is 2.18. The van der Waals surface area contributed by atoms with Gasteiger partial charge in [0, 0.05) is 37.1 Å². The minimum absolute atomic E-state index is 0.379. The molecule has 0 unspecified atom stereocenters. The third-order valence-electron chi connectivity index (χ3n) is 3.57. The van der Waals surface area contributed by atoms with Crippen molar-refractivity contribution in [3.05, 3.63) is 53.9 Å². The van der Waals surface area contributed by atoms with Gasteiger partial charge < -0.3 is 10.6 Å². The Morgan fingerprint density at radius 2 is 1.73 bits per heavy atom. The van der Waals surface area contributed by atoms with E-state index in [9.17, 15) is 0 Å². The predicted molar refractivity (Wildman–Crippen MR) is 91.7 cm³/mol. The normalized spacial score (nSPS) is 12.1. The molecule has 4 nitrogen and oxygen atoms in total. The minimum atomic E-state index is 0.379. The molecule has 1 atom stereocenters. The minimum Gasteiger partial charge on any atom is -0.354 e. The number of rotatable bonds is 9. The van der Waals surface area contributed by atoms with Crippen LogP contribution >= 0.6 is 0 Å². The molecule has 1 aromatic carbocycles. The number of benzene rings is 1. The number of nitrogens with one attached hydrogen (secondary N) is 2. The highest BCUT2D eigenvalue weighted by molar-refractivity contribution is 5.24. The second-order valence-corrected chi connectivity index (χ2v) is 5.47. The molecule has 0 aliphatic rings. The average Bonchev–Trinajstić information content (AvgIpc) is 2.58. The van der Waals surface area contributed by atoms with Gasteiger partial charge in [-0.15, -0.1) is 0 Å². The van der Waals surface area contributed by atoms with E-state index in [1.165, 1.54) is 5.56 Å². The van der Waals surface area contributed by atoms with Gasteiger partial charge in [0.15, 0.2) is 0 Å². The van der Waals surface area contributed by atoms with E-state index < -0.39 is 0 Å². The van der Waals surface area contributed by atoms with Crippen molar-refractivity contribution in [2.75, 3.05) is 11.9 Å². The summed E-state index contributed by atoms with van der Waals surface area (Å²) in [6.45, 7) is 6.04. The summed E-state index contributed by atoms with van der Waals surface area (Å²) < 4.78 is 0. The summed E-state index contributed by atoms with van der Waals surface area (Å²) in [5.41, 5.74) is 2.45. The van der Waals surface area contributed by atoms with Crippen molar-refractivity contribution in [1.29, 1.82) is 0 Å². The fourth-order valence-corrected chi connectivity index (χ4v) is 2.38. The summed E-state index contributed by atoms with van der Waals surface area (Å²) >= 11 is 0. The molecule has 0 saturated carbocycles. The summed E-state index contributed by atoms with van der Waals surface area (Å²) in [7, 11) is 0. The first-order valence-corrected chi connectivity index (χ1v) is 8.16. The summed E-state index contributed by atoms with van der Waals surface area (Å²) in [6, 6.07) is 11.0. The fourth-order valence-electron chi connectivity index (χ4n) is 2.38. The van der Waals surface area contributed by atoms with Crippen LogP contribution < -0.4 is 10.6 Å². The number of aromatic nitrogens is 2. The third kappa shape index (κ3) is 5.11. The lowest BCUT2D eigenvalue weighted by molar-refractivity contribution is 0.492. The van der Waals surface area contributed by atoms with Crippen molar-refractivity contribution in [1.82, 2.24) is 15.3 Å². The molecule has 0 spiro atoms. The van der Waals surface area contributed by atoms with Crippen LogP contribution in [0.3, 0.4) is 0 Å². The molecule has 1 aromatic heterocycles. The van der Waals surface area contributed by atoms with E-state index in [2.05, 4.69) is 64.8 Å². The lowest BCUT2D eigenvalue weighted by Gasteiger charge is -2.18. The second-order valence-electron chi connectivity index (χ2n) is 5.47. The van der Waals surface area contributed by atoms with E-state index in [1.807, 2.05) is 12.4 Å². The van der Waals surface area contributed by atoms with Crippen LogP contribution in [0.25, 0.3) is 0 Å². The molecule has 2 N–H and O–H groups in total. The van der Waals surface area contributed by atoms with E-state index in [1.54, 1.807) is 0 Å². The number of anilines is 1. The Balaban J connectivity index is 1.92. The van der Waals surface area contributed by atoms with Gasteiger partial charge in [0.2, 0.25) is 5.95 Å². The largest absolute Gasteiger partial charge is 0.354 e. The zero-order valence-corrected chi connectivity index (χ0v) is 13.5. The van der Waals surface area contributed by atoms with E-state index in [-0.39, 0.29) is 0 Å². The molecule has 0 aliphatic heterocycles. The maximum Gasteiger partial charge on any atom is 0.222 e. The molecule has 0 bridgehead atoms. The first-order chi connectivity index (χ1) is 10.8. The van der Waals surface area contributed by atoms with Gasteiger partial charge in [-0.3, -0.25) is 0 Å². The van der Waals surface area contributed by atoms with Gasteiger partial charge in [-0.05, 0) is 18.4 Å². The summed E-state index contributed by atoms with van der Waals surface area (Å²) in [5.74, 6) is 0.707. The lowest BCUT2D eigenvalue weighted by Crippen LogP contribution is -2.21. The van der Waals surface area contributed by atoms with Crippen molar-refractivity contribution in [2.24, 2.45) is 0 Å². The Labute approximate surface area is 133 Å². The van der Waals surface area contributed by atoms with E-state index in [0.29, 0.717) is 12.0 Å². The number of nitrogens with zero attached hydrogens (tertiary/aromatic N) is 2. The Bertz CT molecular complexity index is 525. The Morgan fingerprint density at radius 1 is 1.00 bits per heavy atom. The van der Waals surface area contributed by atoms with Crippen molar-refractivity contribution in [3.63, 3.8) is 0 Å². The number of hydrogen-bond acceptors (Lipinski definition) is 4. The fraction of sp³-hybridized carbons (Fsp3) is 0.444. The second kappa shape index (κ2) is 9.15. The number of hydrogen-bond donors (Lipinski definition) is 2. The smallest absolute Gasteiger partial charge is 0.222 e. The standard InChI is InChI=1S/C18H26N4/c1-3-8-17(16-9-6-5-7-10-16)20-12-15-13-21-18(22-14-15)19-11-4-2/h5-7,9-10,13-14,17,20H,3-4,8,11-12H2,1-2H3,(H,19,21,22)/t17-/m1/s1. The van der Waals surface area contributed by atoms with Crippen LogP contribution in [0, 0.1) is 0 Å². The molecule has 22 heavy (non-hydrogen) atoms. The summed E-state index contributed by atoms with van der Waals surface area (Å²) in [4.78, 5) is 8.70. The Morgan fingerprint density at radius 3 is 2.36 bits per heavy atom. The van der Waals surface area contributed by atoms with Crippen molar-refractivity contribution in [3.8, 4) is 0 Å². The predicted octanol–water partition coefficient (Wildman–Crippen LogP) is 3.93. The van der Waals surface area contributed by atoms with Crippen LogP contribution in [-0.2, 0) is 6.54 Å². The van der Waals surface area contributed by atoms with Gasteiger partial charge in [0.05, 0.1) is 0 Å². The van der Waals surface area contributed by atoms with E-state index >= 15 is 0 Å². The highest BCUT2D eigenvalue weighted by Gasteiger charge is 2.09. The molecule has 2 aromatic rings. The highest BCUT2D eigenvalue weighted by atomic mass is 15.1. The van der Waals surface area contributed by atoms with Gasteiger partial charge in [0.25, 0.3) is 0 Å². The first kappa shape index (κ1) is 16.4. The topological polar surface area (TPSA) is 49.8 Å². The summed E-state index contributed by atoms with van der Waals surface area (Å²) in [5, 5.41) is 6.81. The van der Waals surface area contributed by atoms with Crippen molar-refractivity contribution < 1.29 is 0 Å². The first-order valence-electron chi connectivity index (χ1n) is 8.16. The maximum atomic E-state index is 4.35. The molecule has 0 saturated heterocycles. The maximum absolute atomic E-state index is 4.35. The molecule has 0 aliphatic carbocycles. The van der Waals surface area contributed by atoms with Crippen LogP contribution in [0.15, 0.2) is 42.7 Å². The SMILES string of the molecule is CCCNc1ncc(CN[C@H](CCC)c2ccccc2)cn1. The van der Waals surface area contributed by atoms with Gasteiger partial charge in [-0.1, -0.05) is 50.6 Å². The van der Waals surface area contributed by atoms with Gasteiger partial charge in [0.1, 0.15) is 0 Å². The molecular formula is C18H26N4. The van der Waals surface area contributed by atoms with Crippen LogP contribution in [0.5, 0.6) is 0 Å². The monoisotopic (exact) mass is 298 g/mol. The van der Waals surface area contributed by atoms with Gasteiger partial charge in [-0.25, -0.2) is 9.97 Å². The molecule has 1 heterocycles. The van der Waals surface area contributed by atoms with Crippen LogP contribution in [0.1, 0.15) is 50.3 Å². The van der Waals surface area contributed by atoms with Crippen molar-refractivity contribution >= 4 is 5.95 Å². The van der Waals surface area contributed by atoms with Crippen LogP contribution in [-0.4, -0.2) is 16.5 Å². The van der Waals surface area contributed by atoms with Crippen LogP contribution in [0.2, 0.25) is 0 Å². The zero-order chi connectivity index (χ0) is 15.6. The zero-order valence-electron chi connectivity index (χ0n) is 13.5. The third-order valence-corrected chi connectivity index (χ3v) is 3.57. The molecule has 0 radical (unpaired) electrons. The Hall–Kier alpha value is -1.94. The van der Waals surface area contributed by atoms with E-state index in [0.717, 1.165) is 37.9 Å². The lowest BCUT2D eigenvalue weighted by atomic mass is 10.0.